The highest BCUT2D eigenvalue weighted by Crippen LogP contribution is 2.26. The largest absolute Gasteiger partial charge is 0.348 e. The Kier molecular flexibility index (Phi) is 8.02. The van der Waals surface area contributed by atoms with Gasteiger partial charge in [0.2, 0.25) is 0 Å². The summed E-state index contributed by atoms with van der Waals surface area (Å²) in [6, 6.07) is 10.1. The fraction of sp³-hybridized carbons (Fsp3) is 0.200. The summed E-state index contributed by atoms with van der Waals surface area (Å²) in [4.78, 5) is 13.9. The van der Waals surface area contributed by atoms with Crippen LogP contribution in [0.1, 0.15) is 53.9 Å². The second kappa shape index (κ2) is 10.5. The Labute approximate surface area is 182 Å². The summed E-state index contributed by atoms with van der Waals surface area (Å²) in [5, 5.41) is 0. The Morgan fingerprint density at radius 1 is 0.903 bits per heavy atom. The molecule has 2 aromatic heterocycles. The Morgan fingerprint density at radius 2 is 1.52 bits per heavy atom. The summed E-state index contributed by atoms with van der Waals surface area (Å²) in [6.07, 6.45) is 6.66. The van der Waals surface area contributed by atoms with E-state index in [0.29, 0.717) is 11.1 Å². The first-order chi connectivity index (χ1) is 14.4. The van der Waals surface area contributed by atoms with Gasteiger partial charge in [0.15, 0.2) is 0 Å². The quantitative estimate of drug-likeness (QED) is 0.391. The second-order valence-electron chi connectivity index (χ2n) is 7.04. The molecule has 0 amide bonds. The van der Waals surface area contributed by atoms with Crippen LogP contribution in [-0.4, -0.2) is 19.9 Å². The summed E-state index contributed by atoms with van der Waals surface area (Å²) < 4.78 is 26.7. The average molecular weight is 423 g/mol. The van der Waals surface area contributed by atoms with Crippen molar-refractivity contribution in [2.45, 2.75) is 34.1 Å². The van der Waals surface area contributed by atoms with Crippen LogP contribution >= 0.6 is 0 Å². The molecule has 0 radical (unpaired) electrons. The molecule has 0 bridgehead atoms. The lowest BCUT2D eigenvalue weighted by Crippen LogP contribution is -2.00. The lowest BCUT2D eigenvalue weighted by Gasteiger charge is -2.13. The highest BCUT2D eigenvalue weighted by Gasteiger charge is 2.13. The van der Waals surface area contributed by atoms with Gasteiger partial charge in [-0.25, -0.2) is 18.7 Å². The minimum absolute atomic E-state index is 0. The molecule has 4 aromatic rings. The van der Waals surface area contributed by atoms with Crippen LogP contribution in [0.15, 0.2) is 68.0 Å². The Bertz CT molecular complexity index is 1120. The van der Waals surface area contributed by atoms with Crippen LogP contribution < -0.4 is 0 Å². The number of nitrogens with one attached hydrogen (secondary N) is 2. The molecule has 2 N–H and O–H groups in total. The summed E-state index contributed by atoms with van der Waals surface area (Å²) in [5.41, 5.74) is 5.69. The normalized spacial score (nSPS) is 11.1. The maximum atomic E-state index is 13.4. The zero-order chi connectivity index (χ0) is 21.7. The average Bonchev–Trinajstić information content (AvgIpc) is 3.46. The summed E-state index contributed by atoms with van der Waals surface area (Å²) in [5.74, 6) is -0.227. The van der Waals surface area contributed by atoms with Gasteiger partial charge in [0.05, 0.1) is 24.5 Å². The van der Waals surface area contributed by atoms with Crippen molar-refractivity contribution in [3.8, 4) is 0 Å². The molecule has 0 aliphatic carbocycles. The van der Waals surface area contributed by atoms with E-state index in [-0.39, 0.29) is 25.0 Å². The number of aromatic nitrogens is 4. The van der Waals surface area contributed by atoms with Crippen molar-refractivity contribution in [3.05, 3.63) is 113 Å². The fourth-order valence-corrected chi connectivity index (χ4v) is 3.26. The smallest absolute Gasteiger partial charge is 0.126 e. The third-order valence-corrected chi connectivity index (χ3v) is 5.18. The lowest BCUT2D eigenvalue weighted by molar-refractivity contribution is 0.613. The molecule has 31 heavy (non-hydrogen) atoms. The van der Waals surface area contributed by atoms with Crippen molar-refractivity contribution in [3.63, 3.8) is 0 Å². The molecule has 2 heterocycles. The van der Waals surface area contributed by atoms with Crippen LogP contribution in [-0.2, 0) is 0 Å². The Hall–Kier alpha value is -3.54. The number of rotatable bonds is 4. The molecule has 4 rings (SSSR count). The molecule has 0 aliphatic rings. The number of imidazole rings is 2. The molecular formula is C25H28F2N4. The zero-order valence-electron chi connectivity index (χ0n) is 17.2. The minimum Gasteiger partial charge on any atom is -0.348 e. The Morgan fingerprint density at radius 3 is 2.13 bits per heavy atom. The fourth-order valence-electron chi connectivity index (χ4n) is 3.26. The molecule has 162 valence electrons. The van der Waals surface area contributed by atoms with Crippen molar-refractivity contribution in [2.75, 3.05) is 0 Å². The Balaban J connectivity index is 0.000000213. The van der Waals surface area contributed by atoms with E-state index in [2.05, 4.69) is 26.5 Å². The molecule has 0 fully saturated rings. The van der Waals surface area contributed by atoms with Crippen LogP contribution in [0.4, 0.5) is 8.78 Å². The van der Waals surface area contributed by atoms with E-state index in [0.717, 1.165) is 28.1 Å². The van der Waals surface area contributed by atoms with Crippen LogP contribution in [0.2, 0.25) is 0 Å². The molecular weight excluding hydrogens is 394 g/mol. The van der Waals surface area contributed by atoms with Crippen LogP contribution in [0, 0.1) is 25.5 Å². The highest BCUT2D eigenvalue weighted by molar-refractivity contribution is 5.77. The van der Waals surface area contributed by atoms with Gasteiger partial charge in [-0.05, 0) is 53.8 Å². The first-order valence-corrected chi connectivity index (χ1v) is 9.56. The number of aromatic amines is 2. The molecule has 1 unspecified atom stereocenters. The van der Waals surface area contributed by atoms with Gasteiger partial charge in [-0.3, -0.25) is 0 Å². The van der Waals surface area contributed by atoms with Gasteiger partial charge < -0.3 is 9.97 Å². The van der Waals surface area contributed by atoms with E-state index < -0.39 is 0 Å². The highest BCUT2D eigenvalue weighted by atomic mass is 19.1. The van der Waals surface area contributed by atoms with Crippen LogP contribution in [0.25, 0.3) is 5.57 Å². The zero-order valence-corrected chi connectivity index (χ0v) is 17.2. The molecule has 0 saturated heterocycles. The van der Waals surface area contributed by atoms with Crippen molar-refractivity contribution < 1.29 is 8.78 Å². The van der Waals surface area contributed by atoms with E-state index in [9.17, 15) is 8.78 Å². The van der Waals surface area contributed by atoms with Gasteiger partial charge in [0.25, 0.3) is 0 Å². The van der Waals surface area contributed by atoms with Crippen molar-refractivity contribution in [1.29, 1.82) is 0 Å². The maximum absolute atomic E-state index is 13.4. The monoisotopic (exact) mass is 422 g/mol. The number of benzene rings is 2. The molecule has 2 aromatic carbocycles. The number of hydrogen-bond donors (Lipinski definition) is 2. The molecule has 0 spiro atoms. The van der Waals surface area contributed by atoms with Crippen molar-refractivity contribution in [2.24, 2.45) is 0 Å². The van der Waals surface area contributed by atoms with Crippen molar-refractivity contribution >= 4 is 5.57 Å². The lowest BCUT2D eigenvalue weighted by atomic mass is 9.94. The van der Waals surface area contributed by atoms with Crippen LogP contribution in [0.3, 0.4) is 0 Å². The van der Waals surface area contributed by atoms with E-state index in [1.807, 2.05) is 19.1 Å². The number of nitrogens with zero attached hydrogens (tertiary/aromatic N) is 2. The molecule has 0 saturated carbocycles. The molecule has 4 nitrogen and oxygen atoms in total. The predicted octanol–water partition coefficient (Wildman–Crippen LogP) is 6.56. The van der Waals surface area contributed by atoms with E-state index >= 15 is 0 Å². The van der Waals surface area contributed by atoms with Gasteiger partial charge in [0.1, 0.15) is 11.6 Å². The second-order valence-corrected chi connectivity index (χ2v) is 7.04. The minimum atomic E-state index is -0.215. The summed E-state index contributed by atoms with van der Waals surface area (Å²) >= 11 is 0. The van der Waals surface area contributed by atoms with Crippen LogP contribution in [0.5, 0.6) is 0 Å². The third kappa shape index (κ3) is 5.34. The number of H-pyrrole nitrogens is 2. The van der Waals surface area contributed by atoms with E-state index in [1.165, 1.54) is 12.1 Å². The first kappa shape index (κ1) is 23.7. The van der Waals surface area contributed by atoms with Gasteiger partial charge in [0, 0.05) is 17.8 Å². The maximum Gasteiger partial charge on any atom is 0.126 e. The first-order valence-electron chi connectivity index (χ1n) is 9.56. The molecule has 0 aliphatic heterocycles. The standard InChI is InChI=1S/C12H13FN2.C12H11FN2.CH4/c2*1-8-10(4-3-5-11(8)13)9(2)12-6-14-7-15-12;/h3-7,9H,1-2H3,(H,14,15);3-7H,2H2,1H3,(H,14,15);1H4. The number of hydrogen-bond acceptors (Lipinski definition) is 2. The molecule has 1 atom stereocenters. The van der Waals surface area contributed by atoms with E-state index in [4.69, 9.17) is 0 Å². The third-order valence-electron chi connectivity index (χ3n) is 5.18. The van der Waals surface area contributed by atoms with Crippen molar-refractivity contribution in [1.82, 2.24) is 19.9 Å². The summed E-state index contributed by atoms with van der Waals surface area (Å²) in [6.45, 7) is 9.51. The van der Waals surface area contributed by atoms with Gasteiger partial charge in [-0.1, -0.05) is 45.2 Å². The SMILES string of the molecule is C.C=C(c1cnc[nH]1)c1cccc(F)c1C.Cc1c(F)cccc1C(C)c1cnc[nH]1. The summed E-state index contributed by atoms with van der Waals surface area (Å²) in [7, 11) is 0. The van der Waals surface area contributed by atoms with E-state index in [1.54, 1.807) is 51.0 Å². The van der Waals surface area contributed by atoms with Gasteiger partial charge in [-0.15, -0.1) is 0 Å². The predicted molar refractivity (Wildman–Crippen MR) is 122 cm³/mol. The van der Waals surface area contributed by atoms with Gasteiger partial charge in [-0.2, -0.15) is 0 Å². The topological polar surface area (TPSA) is 57.4 Å². The van der Waals surface area contributed by atoms with Gasteiger partial charge >= 0.3 is 0 Å². The number of halogens is 2. The molecule has 6 heteroatoms.